The molecule has 0 amide bonds. The summed E-state index contributed by atoms with van der Waals surface area (Å²) in [7, 11) is 0. The van der Waals surface area contributed by atoms with E-state index in [-0.39, 0.29) is 12.5 Å². The van der Waals surface area contributed by atoms with Crippen molar-refractivity contribution in [1.29, 1.82) is 0 Å². The number of hydrogen-bond acceptors (Lipinski definition) is 4. The van der Waals surface area contributed by atoms with Gasteiger partial charge in [-0.2, -0.15) is 9.97 Å². The van der Waals surface area contributed by atoms with Gasteiger partial charge in [0.05, 0.1) is 6.07 Å². The van der Waals surface area contributed by atoms with Gasteiger partial charge in [-0.05, 0) is 20.8 Å². The molecule has 19 heavy (non-hydrogen) atoms. The number of hydrogen-bond donors (Lipinski definition) is 0. The Kier molecular flexibility index (Phi) is 5.99. The maximum absolute atomic E-state index is 5.73. The molecule has 1 aromatic heterocycles. The molecule has 104 valence electrons. The third-order valence-electron chi connectivity index (χ3n) is 2.02. The first-order chi connectivity index (χ1) is 8.82. The van der Waals surface area contributed by atoms with Crippen molar-refractivity contribution in [2.45, 2.75) is 30.7 Å². The number of aromatic nitrogens is 2. The van der Waals surface area contributed by atoms with E-state index in [0.717, 1.165) is 0 Å². The van der Waals surface area contributed by atoms with E-state index in [1.54, 1.807) is 20.8 Å². The van der Waals surface area contributed by atoms with Gasteiger partial charge in [0.2, 0.25) is 15.6 Å². The largest absolute Gasteiger partial charge is 0.470 e. The molecule has 0 bridgehead atoms. The Morgan fingerprint density at radius 3 is 2.53 bits per heavy atom. The number of rotatable bonds is 4. The highest BCUT2D eigenvalue weighted by Gasteiger charge is 2.31. The van der Waals surface area contributed by atoms with Crippen LogP contribution in [-0.4, -0.2) is 26.5 Å². The zero-order chi connectivity index (χ0) is 14.5. The van der Waals surface area contributed by atoms with E-state index in [9.17, 15) is 0 Å². The summed E-state index contributed by atoms with van der Waals surface area (Å²) in [5.74, 6) is 6.62. The maximum Gasteiger partial charge on any atom is 0.226 e. The Labute approximate surface area is 127 Å². The summed E-state index contributed by atoms with van der Waals surface area (Å²) >= 11 is 17.2. The molecular formula is C12H13Cl3N2O2. The van der Waals surface area contributed by atoms with Crippen molar-refractivity contribution in [2.75, 3.05) is 6.61 Å². The minimum absolute atomic E-state index is 0.242. The zero-order valence-electron chi connectivity index (χ0n) is 10.7. The van der Waals surface area contributed by atoms with Crippen LogP contribution in [0, 0.1) is 18.8 Å². The lowest BCUT2D eigenvalue weighted by Gasteiger charge is -2.21. The highest BCUT2D eigenvalue weighted by Crippen LogP contribution is 2.32. The van der Waals surface area contributed by atoms with Gasteiger partial charge in [-0.3, -0.25) is 0 Å². The molecule has 0 saturated heterocycles. The molecule has 1 heterocycles. The lowest BCUT2D eigenvalue weighted by atomic mass is 10.4. The fraction of sp³-hybridized carbons (Fsp3) is 0.500. The monoisotopic (exact) mass is 322 g/mol. The molecule has 1 atom stereocenters. The van der Waals surface area contributed by atoms with E-state index in [2.05, 4.69) is 21.8 Å². The first kappa shape index (κ1) is 16.2. The summed E-state index contributed by atoms with van der Waals surface area (Å²) in [6.07, 6.45) is -0.657. The van der Waals surface area contributed by atoms with Gasteiger partial charge in [0.15, 0.2) is 6.61 Å². The second-order valence-electron chi connectivity index (χ2n) is 3.61. The Hall–Kier alpha value is -0.890. The molecule has 0 spiro atoms. The molecule has 0 N–H and O–H groups in total. The van der Waals surface area contributed by atoms with Crippen LogP contribution in [0.3, 0.4) is 0 Å². The number of nitrogens with zero attached hydrogens (tertiary/aromatic N) is 2. The fourth-order valence-electron chi connectivity index (χ4n) is 1.08. The van der Waals surface area contributed by atoms with Crippen molar-refractivity contribution in [3.05, 3.63) is 11.9 Å². The Morgan fingerprint density at radius 1 is 1.32 bits per heavy atom. The molecule has 0 aliphatic carbocycles. The summed E-state index contributed by atoms with van der Waals surface area (Å²) in [5.41, 5.74) is 0. The van der Waals surface area contributed by atoms with Gasteiger partial charge in [-0.1, -0.05) is 40.7 Å². The third kappa shape index (κ3) is 5.73. The number of ether oxygens (including phenoxy) is 2. The van der Waals surface area contributed by atoms with Crippen LogP contribution in [0.25, 0.3) is 0 Å². The van der Waals surface area contributed by atoms with E-state index < -0.39 is 9.90 Å². The topological polar surface area (TPSA) is 44.2 Å². The Morgan fingerprint density at radius 2 is 1.95 bits per heavy atom. The second kappa shape index (κ2) is 7.04. The molecule has 0 saturated carbocycles. The Balaban J connectivity index is 2.80. The summed E-state index contributed by atoms with van der Waals surface area (Å²) in [6, 6.07) is 1.53. The van der Waals surface area contributed by atoms with Gasteiger partial charge in [-0.15, -0.1) is 5.92 Å². The van der Waals surface area contributed by atoms with E-state index >= 15 is 0 Å². The highest BCUT2D eigenvalue weighted by molar-refractivity contribution is 6.68. The van der Waals surface area contributed by atoms with Gasteiger partial charge in [0.1, 0.15) is 11.9 Å². The van der Waals surface area contributed by atoms with E-state index in [0.29, 0.717) is 11.7 Å². The third-order valence-corrected chi connectivity index (χ3v) is 2.94. The first-order valence-corrected chi connectivity index (χ1v) is 6.57. The van der Waals surface area contributed by atoms with Crippen molar-refractivity contribution < 1.29 is 9.47 Å². The van der Waals surface area contributed by atoms with Crippen molar-refractivity contribution in [3.8, 4) is 23.6 Å². The van der Waals surface area contributed by atoms with Crippen LogP contribution in [-0.2, 0) is 0 Å². The van der Waals surface area contributed by atoms with Crippen LogP contribution in [0.15, 0.2) is 6.07 Å². The van der Waals surface area contributed by atoms with E-state index in [1.807, 2.05) is 0 Å². The molecule has 0 fully saturated rings. The van der Waals surface area contributed by atoms with E-state index in [4.69, 9.17) is 44.3 Å². The predicted molar refractivity (Wildman–Crippen MR) is 76.1 cm³/mol. The van der Waals surface area contributed by atoms with Gasteiger partial charge in [0.25, 0.3) is 0 Å². The van der Waals surface area contributed by atoms with Crippen LogP contribution < -0.4 is 9.47 Å². The molecule has 0 aromatic carbocycles. The quantitative estimate of drug-likeness (QED) is 0.630. The van der Waals surface area contributed by atoms with Crippen molar-refractivity contribution in [3.63, 3.8) is 0 Å². The zero-order valence-corrected chi connectivity index (χ0v) is 13.0. The molecule has 7 heteroatoms. The van der Waals surface area contributed by atoms with Gasteiger partial charge in [0, 0.05) is 0 Å². The maximum atomic E-state index is 5.73. The SMILES string of the molecule is CC#CCOc1cc(OC(C)C(Cl)(Cl)Cl)nc(C)n1. The average molecular weight is 324 g/mol. The van der Waals surface area contributed by atoms with Crippen LogP contribution in [0.5, 0.6) is 11.8 Å². The minimum atomic E-state index is -1.53. The average Bonchev–Trinajstić information content (AvgIpc) is 2.27. The van der Waals surface area contributed by atoms with Crippen LogP contribution in [0.1, 0.15) is 19.7 Å². The first-order valence-electron chi connectivity index (χ1n) is 5.44. The lowest BCUT2D eigenvalue weighted by Crippen LogP contribution is -2.28. The molecule has 1 aromatic rings. The molecule has 1 unspecified atom stereocenters. The second-order valence-corrected chi connectivity index (χ2v) is 5.98. The number of alkyl halides is 3. The molecule has 1 rings (SSSR count). The molecule has 0 radical (unpaired) electrons. The Bertz CT molecular complexity index is 492. The van der Waals surface area contributed by atoms with Crippen LogP contribution >= 0.6 is 34.8 Å². The van der Waals surface area contributed by atoms with Crippen LogP contribution in [0.4, 0.5) is 0 Å². The van der Waals surface area contributed by atoms with Gasteiger partial charge >= 0.3 is 0 Å². The predicted octanol–water partition coefficient (Wildman–Crippen LogP) is 3.32. The van der Waals surface area contributed by atoms with Crippen molar-refractivity contribution >= 4 is 34.8 Å². The van der Waals surface area contributed by atoms with Gasteiger partial charge in [-0.25, -0.2) is 0 Å². The van der Waals surface area contributed by atoms with Crippen molar-refractivity contribution in [2.24, 2.45) is 0 Å². The molecule has 0 aliphatic heterocycles. The van der Waals surface area contributed by atoms with Crippen molar-refractivity contribution in [1.82, 2.24) is 9.97 Å². The lowest BCUT2D eigenvalue weighted by molar-refractivity contribution is 0.214. The highest BCUT2D eigenvalue weighted by atomic mass is 35.6. The standard InChI is InChI=1S/C12H13Cl3N2O2/c1-4-5-6-18-10-7-11(17-9(3)16-10)19-8(2)12(13,14)15/h7-8H,6H2,1-3H3. The summed E-state index contributed by atoms with van der Waals surface area (Å²) in [6.45, 7) is 5.32. The smallest absolute Gasteiger partial charge is 0.226 e. The van der Waals surface area contributed by atoms with Gasteiger partial charge < -0.3 is 9.47 Å². The molecule has 0 aliphatic rings. The molecular weight excluding hydrogens is 311 g/mol. The normalized spacial score (nSPS) is 12.3. The van der Waals surface area contributed by atoms with E-state index in [1.165, 1.54) is 6.07 Å². The number of aryl methyl sites for hydroxylation is 1. The minimum Gasteiger partial charge on any atom is -0.470 e. The number of halogens is 3. The fourth-order valence-corrected chi connectivity index (χ4v) is 1.21. The summed E-state index contributed by atoms with van der Waals surface area (Å²) < 4.78 is 9.24. The molecule has 4 nitrogen and oxygen atoms in total. The summed E-state index contributed by atoms with van der Waals surface area (Å²) in [5, 5.41) is 0. The summed E-state index contributed by atoms with van der Waals surface area (Å²) in [4.78, 5) is 8.19. The van der Waals surface area contributed by atoms with Crippen LogP contribution in [0.2, 0.25) is 0 Å².